The summed E-state index contributed by atoms with van der Waals surface area (Å²) in [6, 6.07) is 2.27. The van der Waals surface area contributed by atoms with Crippen LogP contribution in [0.4, 0.5) is 5.82 Å². The maximum atomic E-state index is 4.48. The second-order valence-corrected chi connectivity index (χ2v) is 6.19. The number of hydrogen-bond donors (Lipinski definition) is 1. The third-order valence-electron chi connectivity index (χ3n) is 4.51. The maximum absolute atomic E-state index is 4.48. The van der Waals surface area contributed by atoms with Crippen molar-refractivity contribution in [2.45, 2.75) is 31.6 Å². The van der Waals surface area contributed by atoms with Crippen LogP contribution in [0.25, 0.3) is 0 Å². The molecule has 1 saturated heterocycles. The van der Waals surface area contributed by atoms with Crippen molar-refractivity contribution in [3.8, 4) is 0 Å². The summed E-state index contributed by atoms with van der Waals surface area (Å²) in [5.74, 6) is 2.97. The summed E-state index contributed by atoms with van der Waals surface area (Å²) >= 11 is 0. The lowest BCUT2D eigenvalue weighted by atomic mass is 10.2. The van der Waals surface area contributed by atoms with Gasteiger partial charge in [-0.05, 0) is 31.6 Å². The number of rotatable bonds is 4. The van der Waals surface area contributed by atoms with Gasteiger partial charge in [0.15, 0.2) is 5.82 Å². The van der Waals surface area contributed by atoms with Crippen LogP contribution in [0.2, 0.25) is 0 Å². The molecule has 0 atom stereocenters. The quantitative estimate of drug-likeness (QED) is 0.880. The largest absolute Gasteiger partial charge is 0.353 e. The van der Waals surface area contributed by atoms with E-state index < -0.39 is 0 Å². The van der Waals surface area contributed by atoms with Crippen molar-refractivity contribution in [3.63, 3.8) is 0 Å². The normalized spacial score (nSPS) is 25.7. The first-order valence-corrected chi connectivity index (χ1v) is 7.41. The zero-order chi connectivity index (χ0) is 11.9. The molecule has 2 aliphatic carbocycles. The average molecular weight is 246 g/mol. The lowest BCUT2D eigenvalue weighted by molar-refractivity contribution is 0.247. The van der Waals surface area contributed by atoms with Crippen LogP contribution < -0.4 is 4.90 Å². The topological polar surface area (TPSA) is 35.2 Å². The van der Waals surface area contributed by atoms with Crippen molar-refractivity contribution < 1.29 is 0 Å². The van der Waals surface area contributed by atoms with Crippen molar-refractivity contribution in [1.29, 1.82) is 0 Å². The van der Waals surface area contributed by atoms with Crippen molar-refractivity contribution >= 4 is 5.82 Å². The van der Waals surface area contributed by atoms with Crippen LogP contribution in [0.15, 0.2) is 6.07 Å². The summed E-state index contributed by atoms with van der Waals surface area (Å²) in [5.41, 5.74) is 1.35. The highest BCUT2D eigenvalue weighted by molar-refractivity contribution is 5.41. The number of nitrogens with one attached hydrogen (secondary N) is 1. The Labute approximate surface area is 108 Å². The van der Waals surface area contributed by atoms with E-state index >= 15 is 0 Å². The molecule has 4 nitrogen and oxygen atoms in total. The second kappa shape index (κ2) is 4.26. The molecule has 0 unspecified atom stereocenters. The maximum Gasteiger partial charge on any atom is 0.150 e. The molecule has 4 rings (SSSR count). The molecule has 2 saturated carbocycles. The number of piperazine rings is 1. The Morgan fingerprint density at radius 2 is 1.89 bits per heavy atom. The lowest BCUT2D eigenvalue weighted by Gasteiger charge is -2.34. The molecule has 2 heterocycles. The van der Waals surface area contributed by atoms with E-state index in [4.69, 9.17) is 0 Å². The third-order valence-corrected chi connectivity index (χ3v) is 4.51. The van der Waals surface area contributed by atoms with Gasteiger partial charge in [-0.15, -0.1) is 0 Å². The van der Waals surface area contributed by atoms with Gasteiger partial charge in [-0.25, -0.2) is 0 Å². The van der Waals surface area contributed by atoms with E-state index in [1.165, 1.54) is 56.8 Å². The van der Waals surface area contributed by atoms with E-state index in [1.54, 1.807) is 0 Å². The van der Waals surface area contributed by atoms with Crippen LogP contribution in [0.3, 0.4) is 0 Å². The minimum absolute atomic E-state index is 0.780. The minimum Gasteiger partial charge on any atom is -0.353 e. The molecular formula is C14H22N4. The van der Waals surface area contributed by atoms with Gasteiger partial charge in [0, 0.05) is 50.4 Å². The molecule has 1 N–H and O–H groups in total. The molecule has 0 spiro atoms. The highest BCUT2D eigenvalue weighted by Gasteiger charge is 2.28. The van der Waals surface area contributed by atoms with E-state index in [0.717, 1.165) is 24.9 Å². The third kappa shape index (κ3) is 2.26. The molecule has 3 fully saturated rings. The molecular weight excluding hydrogens is 224 g/mol. The van der Waals surface area contributed by atoms with E-state index in [-0.39, 0.29) is 0 Å². The number of anilines is 1. The molecule has 1 aromatic rings. The van der Waals surface area contributed by atoms with Crippen LogP contribution in [-0.2, 0) is 0 Å². The fourth-order valence-corrected chi connectivity index (χ4v) is 2.92. The van der Waals surface area contributed by atoms with Crippen molar-refractivity contribution in [1.82, 2.24) is 15.1 Å². The summed E-state index contributed by atoms with van der Waals surface area (Å²) in [6.07, 6.45) is 5.61. The molecule has 18 heavy (non-hydrogen) atoms. The van der Waals surface area contributed by atoms with Gasteiger partial charge in [0.1, 0.15) is 0 Å². The van der Waals surface area contributed by atoms with Gasteiger partial charge in [-0.1, -0.05) is 0 Å². The molecule has 1 aromatic heterocycles. The van der Waals surface area contributed by atoms with E-state index in [1.807, 2.05) is 0 Å². The standard InChI is InChI=1S/C14H22N4/c1-2-11(1)10-17-5-7-18(8-6-17)14-9-13(15-16-14)12-3-4-12/h9,11-12H,1-8,10H2,(H,15,16). The predicted octanol–water partition coefficient (Wildman–Crippen LogP) is 1.82. The van der Waals surface area contributed by atoms with Crippen LogP contribution in [0.5, 0.6) is 0 Å². The SMILES string of the molecule is c1c(N2CCN(CC3CC3)CC2)n[nH]c1C1CC1. The smallest absolute Gasteiger partial charge is 0.150 e. The lowest BCUT2D eigenvalue weighted by Crippen LogP contribution is -2.47. The molecule has 1 aliphatic heterocycles. The summed E-state index contributed by atoms with van der Waals surface area (Å²) in [7, 11) is 0. The van der Waals surface area contributed by atoms with Gasteiger partial charge in [0.25, 0.3) is 0 Å². The first kappa shape index (κ1) is 10.9. The Balaban J connectivity index is 1.34. The molecule has 0 radical (unpaired) electrons. The average Bonchev–Trinajstić information content (AvgIpc) is 3.32. The molecule has 98 valence electrons. The Morgan fingerprint density at radius 1 is 1.11 bits per heavy atom. The Bertz CT molecular complexity index is 411. The Hall–Kier alpha value is -1.03. The van der Waals surface area contributed by atoms with Crippen LogP contribution in [0, 0.1) is 5.92 Å². The molecule has 0 bridgehead atoms. The number of H-pyrrole nitrogens is 1. The first-order chi connectivity index (χ1) is 8.88. The molecule has 4 heteroatoms. The van der Waals surface area contributed by atoms with Crippen molar-refractivity contribution in [2.75, 3.05) is 37.6 Å². The van der Waals surface area contributed by atoms with E-state index in [2.05, 4.69) is 26.1 Å². The highest BCUT2D eigenvalue weighted by atomic mass is 15.3. The monoisotopic (exact) mass is 246 g/mol. The number of aromatic amines is 1. The van der Waals surface area contributed by atoms with Crippen molar-refractivity contribution in [3.05, 3.63) is 11.8 Å². The fourth-order valence-electron chi connectivity index (χ4n) is 2.92. The zero-order valence-corrected chi connectivity index (χ0v) is 10.9. The van der Waals surface area contributed by atoms with Gasteiger partial charge in [-0.2, -0.15) is 5.10 Å². The van der Waals surface area contributed by atoms with Crippen LogP contribution in [0.1, 0.15) is 37.3 Å². The predicted molar refractivity (Wildman–Crippen MR) is 71.9 cm³/mol. The minimum atomic E-state index is 0.780. The highest BCUT2D eigenvalue weighted by Crippen LogP contribution is 2.39. The number of aromatic nitrogens is 2. The Kier molecular flexibility index (Phi) is 2.57. The van der Waals surface area contributed by atoms with Crippen LogP contribution in [-0.4, -0.2) is 47.8 Å². The van der Waals surface area contributed by atoms with Gasteiger partial charge >= 0.3 is 0 Å². The second-order valence-electron chi connectivity index (χ2n) is 6.19. The van der Waals surface area contributed by atoms with E-state index in [0.29, 0.717) is 0 Å². The Morgan fingerprint density at radius 3 is 2.56 bits per heavy atom. The van der Waals surface area contributed by atoms with Gasteiger partial charge in [0.2, 0.25) is 0 Å². The van der Waals surface area contributed by atoms with E-state index in [9.17, 15) is 0 Å². The summed E-state index contributed by atoms with van der Waals surface area (Å²) < 4.78 is 0. The first-order valence-electron chi connectivity index (χ1n) is 7.41. The van der Waals surface area contributed by atoms with Gasteiger partial charge in [-0.3, -0.25) is 10.00 Å². The number of nitrogens with zero attached hydrogens (tertiary/aromatic N) is 3. The number of hydrogen-bond acceptors (Lipinski definition) is 3. The molecule has 3 aliphatic rings. The van der Waals surface area contributed by atoms with Gasteiger partial charge in [0.05, 0.1) is 0 Å². The summed E-state index contributed by atoms with van der Waals surface area (Å²) in [6.45, 7) is 6.04. The summed E-state index contributed by atoms with van der Waals surface area (Å²) in [4.78, 5) is 5.06. The van der Waals surface area contributed by atoms with Gasteiger partial charge < -0.3 is 4.90 Å². The fraction of sp³-hybridized carbons (Fsp3) is 0.786. The van der Waals surface area contributed by atoms with Crippen molar-refractivity contribution in [2.24, 2.45) is 5.92 Å². The molecule has 0 amide bonds. The summed E-state index contributed by atoms with van der Waals surface area (Å²) in [5, 5.41) is 7.69. The zero-order valence-electron chi connectivity index (χ0n) is 10.9. The molecule has 0 aromatic carbocycles. The van der Waals surface area contributed by atoms with Crippen LogP contribution >= 0.6 is 0 Å².